The summed E-state index contributed by atoms with van der Waals surface area (Å²) < 4.78 is 0. The van der Waals surface area contributed by atoms with Gasteiger partial charge < -0.3 is 5.11 Å². The maximum Gasteiger partial charge on any atom is 0.114 e. The summed E-state index contributed by atoms with van der Waals surface area (Å²) in [6.45, 7) is 14.9. The number of hydrogen-bond acceptors (Lipinski definition) is 1. The average molecular weight is 272 g/mol. The molecule has 0 rings (SSSR count). The molecule has 0 saturated carbocycles. The van der Waals surface area contributed by atoms with E-state index in [0.29, 0.717) is 0 Å². The highest BCUT2D eigenvalue weighted by molar-refractivity contribution is 5.25. The van der Waals surface area contributed by atoms with E-state index in [0.717, 1.165) is 30.4 Å². The van der Waals surface area contributed by atoms with Crippen molar-refractivity contribution in [2.45, 2.75) is 44.9 Å². The molecule has 1 N–H and O–H groups in total. The molecule has 0 aliphatic heterocycles. The van der Waals surface area contributed by atoms with Crippen molar-refractivity contribution >= 4 is 0 Å². The van der Waals surface area contributed by atoms with Gasteiger partial charge in [-0.15, -0.1) is 0 Å². The Morgan fingerprint density at radius 1 is 0.750 bits per heavy atom. The molecule has 0 aliphatic rings. The van der Waals surface area contributed by atoms with E-state index < -0.39 is 0 Å². The minimum Gasteiger partial charge on any atom is -0.508 e. The van der Waals surface area contributed by atoms with Crippen molar-refractivity contribution in [1.29, 1.82) is 0 Å². The maximum atomic E-state index is 9.29. The lowest BCUT2D eigenvalue weighted by atomic mass is 10.0. The second kappa shape index (κ2) is 12.3. The number of aliphatic hydroxyl groups excluding tert-OH is 1. The SMILES string of the molecule is C=CC(=C)CCCCCCC/C(C=C)=C/C=C(/O)C=C. The van der Waals surface area contributed by atoms with Crippen LogP contribution in [0.4, 0.5) is 0 Å². The number of hydrogen-bond donors (Lipinski definition) is 1. The Labute approximate surface area is 124 Å². The molecule has 0 fully saturated rings. The second-order valence-electron chi connectivity index (χ2n) is 4.87. The molecule has 0 bridgehead atoms. The van der Waals surface area contributed by atoms with Crippen LogP contribution in [0, 0.1) is 0 Å². The van der Waals surface area contributed by atoms with Crippen LogP contribution in [-0.4, -0.2) is 5.11 Å². The van der Waals surface area contributed by atoms with Crippen LogP contribution in [0.15, 0.2) is 73.6 Å². The summed E-state index contributed by atoms with van der Waals surface area (Å²) in [6.07, 6.45) is 16.8. The Kier molecular flexibility index (Phi) is 11.2. The Hall–Kier alpha value is -1.76. The topological polar surface area (TPSA) is 20.2 Å². The molecule has 110 valence electrons. The van der Waals surface area contributed by atoms with E-state index in [1.165, 1.54) is 31.8 Å². The first-order chi connectivity index (χ1) is 9.63. The van der Waals surface area contributed by atoms with E-state index in [1.807, 2.05) is 18.2 Å². The molecule has 0 amide bonds. The quantitative estimate of drug-likeness (QED) is 0.255. The first-order valence-corrected chi connectivity index (χ1v) is 7.29. The van der Waals surface area contributed by atoms with Crippen LogP contribution in [0.3, 0.4) is 0 Å². The third kappa shape index (κ3) is 10.2. The largest absolute Gasteiger partial charge is 0.508 e. The summed E-state index contributed by atoms with van der Waals surface area (Å²) in [5.74, 6) is 0.187. The molecule has 0 aromatic heterocycles. The van der Waals surface area contributed by atoms with Crippen LogP contribution in [-0.2, 0) is 0 Å². The zero-order valence-corrected chi connectivity index (χ0v) is 12.6. The molecule has 20 heavy (non-hydrogen) atoms. The van der Waals surface area contributed by atoms with Gasteiger partial charge in [-0.25, -0.2) is 0 Å². The molecule has 0 saturated heterocycles. The van der Waals surface area contributed by atoms with E-state index in [-0.39, 0.29) is 5.76 Å². The van der Waals surface area contributed by atoms with Gasteiger partial charge >= 0.3 is 0 Å². The van der Waals surface area contributed by atoms with Crippen LogP contribution >= 0.6 is 0 Å². The van der Waals surface area contributed by atoms with Crippen molar-refractivity contribution in [1.82, 2.24) is 0 Å². The van der Waals surface area contributed by atoms with Gasteiger partial charge in [-0.2, -0.15) is 0 Å². The van der Waals surface area contributed by atoms with Gasteiger partial charge in [0, 0.05) is 0 Å². The van der Waals surface area contributed by atoms with Gasteiger partial charge in [0.15, 0.2) is 0 Å². The molecular formula is C19H28O. The lowest BCUT2D eigenvalue weighted by molar-refractivity contribution is 0.433. The van der Waals surface area contributed by atoms with Crippen molar-refractivity contribution in [2.24, 2.45) is 0 Å². The fourth-order valence-corrected chi connectivity index (χ4v) is 1.83. The van der Waals surface area contributed by atoms with Gasteiger partial charge in [0.25, 0.3) is 0 Å². The van der Waals surface area contributed by atoms with E-state index in [1.54, 1.807) is 6.08 Å². The summed E-state index contributed by atoms with van der Waals surface area (Å²) in [5.41, 5.74) is 2.29. The Morgan fingerprint density at radius 3 is 1.90 bits per heavy atom. The van der Waals surface area contributed by atoms with Crippen molar-refractivity contribution in [3.05, 3.63) is 73.6 Å². The molecule has 1 heteroatoms. The number of allylic oxidation sites excluding steroid dienone is 7. The molecule has 0 unspecified atom stereocenters. The third-order valence-electron chi connectivity index (χ3n) is 3.19. The zero-order chi connectivity index (χ0) is 15.2. The molecule has 0 radical (unpaired) electrons. The van der Waals surface area contributed by atoms with Crippen molar-refractivity contribution in [3.63, 3.8) is 0 Å². The molecule has 0 aromatic rings. The predicted octanol–water partition coefficient (Wildman–Crippen LogP) is 6.20. The summed E-state index contributed by atoms with van der Waals surface area (Å²) in [6, 6.07) is 0. The number of rotatable bonds is 12. The van der Waals surface area contributed by atoms with Crippen LogP contribution < -0.4 is 0 Å². The average Bonchev–Trinajstić information content (AvgIpc) is 2.48. The molecule has 0 atom stereocenters. The summed E-state index contributed by atoms with van der Waals surface area (Å²) in [4.78, 5) is 0. The van der Waals surface area contributed by atoms with Gasteiger partial charge in [-0.1, -0.05) is 69.4 Å². The minimum atomic E-state index is 0.187. The Morgan fingerprint density at radius 2 is 1.35 bits per heavy atom. The predicted molar refractivity (Wildman–Crippen MR) is 90.8 cm³/mol. The number of unbranched alkanes of at least 4 members (excludes halogenated alkanes) is 4. The monoisotopic (exact) mass is 272 g/mol. The van der Waals surface area contributed by atoms with E-state index in [2.05, 4.69) is 26.3 Å². The Bertz CT molecular complexity index is 383. The first kappa shape index (κ1) is 18.2. The Balaban J connectivity index is 3.76. The van der Waals surface area contributed by atoms with Crippen molar-refractivity contribution in [2.75, 3.05) is 0 Å². The van der Waals surface area contributed by atoms with Crippen LogP contribution in [0.1, 0.15) is 44.9 Å². The molecular weight excluding hydrogens is 244 g/mol. The van der Waals surface area contributed by atoms with Crippen molar-refractivity contribution < 1.29 is 5.11 Å². The normalized spacial score (nSPS) is 12.0. The van der Waals surface area contributed by atoms with E-state index >= 15 is 0 Å². The molecule has 0 spiro atoms. The smallest absolute Gasteiger partial charge is 0.114 e. The highest BCUT2D eigenvalue weighted by Gasteiger charge is 1.95. The standard InChI is InChI=1S/C19H28O/c1-5-17(4)13-11-9-8-10-12-14-18(6-2)15-16-19(20)7-3/h5-7,15-16,20H,1-4,8-14H2/b18-15+,19-16+. The lowest BCUT2D eigenvalue weighted by Gasteiger charge is -2.03. The third-order valence-corrected chi connectivity index (χ3v) is 3.19. The van der Waals surface area contributed by atoms with Gasteiger partial charge in [0.1, 0.15) is 5.76 Å². The zero-order valence-electron chi connectivity index (χ0n) is 12.6. The van der Waals surface area contributed by atoms with Crippen LogP contribution in [0.2, 0.25) is 0 Å². The molecule has 0 heterocycles. The second-order valence-corrected chi connectivity index (χ2v) is 4.87. The highest BCUT2D eigenvalue weighted by Crippen LogP contribution is 2.14. The highest BCUT2D eigenvalue weighted by atomic mass is 16.3. The van der Waals surface area contributed by atoms with Gasteiger partial charge in [0.2, 0.25) is 0 Å². The van der Waals surface area contributed by atoms with Gasteiger partial charge in [-0.3, -0.25) is 0 Å². The van der Waals surface area contributed by atoms with Crippen LogP contribution in [0.25, 0.3) is 0 Å². The van der Waals surface area contributed by atoms with Crippen LogP contribution in [0.5, 0.6) is 0 Å². The maximum absolute atomic E-state index is 9.29. The summed E-state index contributed by atoms with van der Waals surface area (Å²) >= 11 is 0. The summed E-state index contributed by atoms with van der Waals surface area (Å²) in [7, 11) is 0. The number of aliphatic hydroxyl groups is 1. The molecule has 0 aliphatic carbocycles. The first-order valence-electron chi connectivity index (χ1n) is 7.29. The van der Waals surface area contributed by atoms with E-state index in [4.69, 9.17) is 0 Å². The fraction of sp³-hybridized carbons (Fsp3) is 0.368. The van der Waals surface area contributed by atoms with Crippen molar-refractivity contribution in [3.8, 4) is 0 Å². The van der Waals surface area contributed by atoms with E-state index in [9.17, 15) is 5.11 Å². The molecule has 1 nitrogen and oxygen atoms in total. The minimum absolute atomic E-state index is 0.187. The molecule has 0 aromatic carbocycles. The summed E-state index contributed by atoms with van der Waals surface area (Å²) in [5, 5.41) is 9.29. The lowest BCUT2D eigenvalue weighted by Crippen LogP contribution is -1.84. The van der Waals surface area contributed by atoms with Gasteiger partial charge in [0.05, 0.1) is 0 Å². The van der Waals surface area contributed by atoms with Gasteiger partial charge in [-0.05, 0) is 43.4 Å². The fourth-order valence-electron chi connectivity index (χ4n) is 1.83.